The molecule has 0 saturated carbocycles. The maximum Gasteiger partial charge on any atom is 0.434 e. The molecule has 1 heterocycles. The van der Waals surface area contributed by atoms with Gasteiger partial charge in [-0.3, -0.25) is 5.21 Å². The van der Waals surface area contributed by atoms with Gasteiger partial charge in [-0.05, 0) is 39.3 Å². The fourth-order valence-corrected chi connectivity index (χ4v) is 2.44. The molecule has 0 aliphatic heterocycles. The summed E-state index contributed by atoms with van der Waals surface area (Å²) in [6.45, 7) is 5.04. The lowest BCUT2D eigenvalue weighted by atomic mass is 10.2. The van der Waals surface area contributed by atoms with Gasteiger partial charge in [-0.25, -0.2) is 22.9 Å². The lowest BCUT2D eigenvalue weighted by Crippen LogP contribution is -2.36. The van der Waals surface area contributed by atoms with Crippen molar-refractivity contribution in [1.82, 2.24) is 14.8 Å². The number of pyridine rings is 1. The first kappa shape index (κ1) is 18.3. The van der Waals surface area contributed by atoms with Gasteiger partial charge in [0.1, 0.15) is 5.60 Å². The van der Waals surface area contributed by atoms with Crippen molar-refractivity contribution in [2.45, 2.75) is 37.8 Å². The van der Waals surface area contributed by atoms with Gasteiger partial charge in [-0.1, -0.05) is 6.07 Å². The van der Waals surface area contributed by atoms with Gasteiger partial charge in [0, 0.05) is 12.7 Å². The van der Waals surface area contributed by atoms with Crippen LogP contribution in [0.5, 0.6) is 0 Å². The topological polar surface area (TPSA) is 109 Å². The minimum Gasteiger partial charge on any atom is -0.442 e. The van der Waals surface area contributed by atoms with E-state index >= 15 is 0 Å². The Bertz CT molecular complexity index is 583. The number of aromatic nitrogens is 1. The molecule has 0 fully saturated rings. The van der Waals surface area contributed by atoms with Gasteiger partial charge in [-0.2, -0.15) is 5.06 Å². The van der Waals surface area contributed by atoms with Crippen molar-refractivity contribution >= 4 is 16.1 Å². The zero-order valence-corrected chi connectivity index (χ0v) is 13.6. The van der Waals surface area contributed by atoms with Crippen molar-refractivity contribution in [3.8, 4) is 0 Å². The van der Waals surface area contributed by atoms with Crippen molar-refractivity contribution in [3.05, 3.63) is 24.4 Å². The van der Waals surface area contributed by atoms with Crippen molar-refractivity contribution in [3.63, 3.8) is 0 Å². The first-order chi connectivity index (χ1) is 10.1. The third kappa shape index (κ3) is 6.37. The molecule has 1 amide bonds. The Morgan fingerprint density at radius 1 is 1.41 bits per heavy atom. The van der Waals surface area contributed by atoms with E-state index in [-0.39, 0.29) is 24.5 Å². The molecule has 0 aliphatic rings. The lowest BCUT2D eigenvalue weighted by molar-refractivity contribution is -0.0939. The van der Waals surface area contributed by atoms with E-state index in [1.165, 1.54) is 12.3 Å². The van der Waals surface area contributed by atoms with Crippen LogP contribution in [0.15, 0.2) is 29.4 Å². The smallest absolute Gasteiger partial charge is 0.434 e. The molecule has 22 heavy (non-hydrogen) atoms. The van der Waals surface area contributed by atoms with Gasteiger partial charge in [0.15, 0.2) is 5.03 Å². The number of rotatable bonds is 6. The minimum atomic E-state index is -3.68. The second kappa shape index (κ2) is 7.52. The molecule has 0 bridgehead atoms. The fraction of sp³-hybridized carbons (Fsp3) is 0.538. The number of carbonyl (C=O) groups is 1. The number of hydrogen-bond donors (Lipinski definition) is 2. The number of nitrogens with zero attached hydrogens (tertiary/aromatic N) is 2. The van der Waals surface area contributed by atoms with Crippen LogP contribution in [0.4, 0.5) is 4.79 Å². The molecule has 0 saturated heterocycles. The van der Waals surface area contributed by atoms with Gasteiger partial charge in [0.05, 0.1) is 6.54 Å². The first-order valence-electron chi connectivity index (χ1n) is 6.72. The first-order valence-corrected chi connectivity index (χ1v) is 8.20. The van der Waals surface area contributed by atoms with E-state index in [4.69, 9.17) is 4.74 Å². The van der Waals surface area contributed by atoms with Gasteiger partial charge in [0.25, 0.3) is 10.0 Å². The van der Waals surface area contributed by atoms with Gasteiger partial charge in [0.2, 0.25) is 0 Å². The minimum absolute atomic E-state index is 0.0543. The van der Waals surface area contributed by atoms with Crippen molar-refractivity contribution in [2.24, 2.45) is 0 Å². The van der Waals surface area contributed by atoms with Crippen LogP contribution in [0.3, 0.4) is 0 Å². The normalized spacial score (nSPS) is 12.0. The molecule has 0 spiro atoms. The molecule has 0 aromatic carbocycles. The number of carbonyl (C=O) groups excluding carboxylic acids is 1. The number of nitrogens with one attached hydrogen (secondary N) is 1. The largest absolute Gasteiger partial charge is 0.442 e. The highest BCUT2D eigenvalue weighted by molar-refractivity contribution is 7.89. The van der Waals surface area contributed by atoms with E-state index in [1.54, 1.807) is 32.9 Å². The summed E-state index contributed by atoms with van der Waals surface area (Å²) in [6, 6.07) is 4.56. The van der Waals surface area contributed by atoms with Crippen molar-refractivity contribution in [2.75, 3.05) is 13.1 Å². The average Bonchev–Trinajstić information content (AvgIpc) is 2.42. The molecule has 9 heteroatoms. The van der Waals surface area contributed by atoms with Crippen molar-refractivity contribution in [1.29, 1.82) is 0 Å². The molecular weight excluding hydrogens is 310 g/mol. The molecule has 124 valence electrons. The van der Waals surface area contributed by atoms with Crippen LogP contribution in [-0.4, -0.2) is 48.5 Å². The van der Waals surface area contributed by atoms with E-state index in [9.17, 15) is 18.4 Å². The number of hydrogen-bond acceptors (Lipinski definition) is 6. The molecule has 1 aromatic rings. The summed E-state index contributed by atoms with van der Waals surface area (Å²) >= 11 is 0. The average molecular weight is 331 g/mol. The highest BCUT2D eigenvalue weighted by Crippen LogP contribution is 2.09. The molecular formula is C13H21N3O5S. The monoisotopic (exact) mass is 331 g/mol. The summed E-state index contributed by atoms with van der Waals surface area (Å²) in [5, 5.41) is 9.83. The van der Waals surface area contributed by atoms with E-state index in [1.807, 2.05) is 0 Å². The lowest BCUT2D eigenvalue weighted by Gasteiger charge is -2.23. The summed E-state index contributed by atoms with van der Waals surface area (Å²) in [5.41, 5.74) is -0.710. The summed E-state index contributed by atoms with van der Waals surface area (Å²) in [5.74, 6) is 0. The Morgan fingerprint density at radius 2 is 2.09 bits per heavy atom. The predicted molar refractivity (Wildman–Crippen MR) is 78.8 cm³/mol. The molecule has 0 radical (unpaired) electrons. The SMILES string of the molecule is CC(C)(C)OC(=O)N(O)CCCNS(=O)(=O)c1ccccn1. The standard InChI is InChI=1S/C13H21N3O5S/c1-13(2,3)21-12(17)16(18)10-6-9-15-22(19,20)11-7-4-5-8-14-11/h4-5,7-8,15,18H,6,9-10H2,1-3H3. The van der Waals surface area contributed by atoms with Crippen LogP contribution in [0.25, 0.3) is 0 Å². The number of sulfonamides is 1. The molecule has 0 unspecified atom stereocenters. The van der Waals surface area contributed by atoms with Crippen LogP contribution < -0.4 is 4.72 Å². The highest BCUT2D eigenvalue weighted by atomic mass is 32.2. The van der Waals surface area contributed by atoms with Crippen LogP contribution >= 0.6 is 0 Å². The van der Waals surface area contributed by atoms with E-state index in [2.05, 4.69) is 9.71 Å². The van der Waals surface area contributed by atoms with Crippen molar-refractivity contribution < 1.29 is 23.2 Å². The highest BCUT2D eigenvalue weighted by Gasteiger charge is 2.21. The quantitative estimate of drug-likeness (QED) is 0.463. The van der Waals surface area contributed by atoms with Crippen LogP contribution in [0.1, 0.15) is 27.2 Å². The Balaban J connectivity index is 2.38. The summed E-state index contributed by atoms with van der Waals surface area (Å²) in [7, 11) is -3.68. The molecule has 1 aromatic heterocycles. The maximum atomic E-state index is 11.9. The summed E-state index contributed by atoms with van der Waals surface area (Å²) in [4.78, 5) is 15.2. The number of amides is 1. The van der Waals surface area contributed by atoms with E-state index in [0.717, 1.165) is 0 Å². The molecule has 0 atom stereocenters. The second-order valence-corrected chi connectivity index (χ2v) is 7.24. The maximum absolute atomic E-state index is 11.9. The Hall–Kier alpha value is -1.71. The van der Waals surface area contributed by atoms with E-state index < -0.39 is 21.7 Å². The third-order valence-corrected chi connectivity index (χ3v) is 3.73. The Morgan fingerprint density at radius 3 is 2.64 bits per heavy atom. The molecule has 1 rings (SSSR count). The molecule has 2 N–H and O–H groups in total. The fourth-order valence-electron chi connectivity index (χ4n) is 1.42. The van der Waals surface area contributed by atoms with Crippen LogP contribution in [0.2, 0.25) is 0 Å². The number of ether oxygens (including phenoxy) is 1. The van der Waals surface area contributed by atoms with Gasteiger partial charge < -0.3 is 4.74 Å². The Labute approximate surface area is 130 Å². The molecule has 0 aliphatic carbocycles. The summed E-state index contributed by atoms with van der Waals surface area (Å²) in [6.07, 6.45) is 0.731. The van der Waals surface area contributed by atoms with Gasteiger partial charge in [-0.15, -0.1) is 0 Å². The third-order valence-electron chi connectivity index (χ3n) is 2.36. The summed E-state index contributed by atoms with van der Waals surface area (Å²) < 4.78 is 31.0. The zero-order chi connectivity index (χ0) is 16.8. The molecule has 8 nitrogen and oxygen atoms in total. The van der Waals surface area contributed by atoms with Gasteiger partial charge >= 0.3 is 6.09 Å². The zero-order valence-electron chi connectivity index (χ0n) is 12.8. The van der Waals surface area contributed by atoms with Crippen LogP contribution in [0, 0.1) is 0 Å². The Kier molecular flexibility index (Phi) is 6.27. The predicted octanol–water partition coefficient (Wildman–Crippen LogP) is 1.38. The second-order valence-electron chi connectivity index (χ2n) is 5.52. The van der Waals surface area contributed by atoms with E-state index in [0.29, 0.717) is 5.06 Å². The number of hydroxylamine groups is 2. The van der Waals surface area contributed by atoms with Crippen LogP contribution in [-0.2, 0) is 14.8 Å².